The molecule has 16 heterocycles. The van der Waals surface area contributed by atoms with Gasteiger partial charge in [0.15, 0.2) is 45.9 Å². The van der Waals surface area contributed by atoms with Crippen molar-refractivity contribution in [2.24, 2.45) is 17.6 Å². The summed E-state index contributed by atoms with van der Waals surface area (Å²) in [4.78, 5) is 113. The van der Waals surface area contributed by atoms with E-state index in [-0.39, 0.29) is 132 Å². The molecule has 0 radical (unpaired) electrons. The highest BCUT2D eigenvalue weighted by atomic mass is 35.5. The molecule has 0 spiro atoms. The van der Waals surface area contributed by atoms with E-state index in [0.29, 0.717) is 143 Å². The van der Waals surface area contributed by atoms with Crippen LogP contribution in [0.3, 0.4) is 0 Å². The molecule has 5 amide bonds. The fourth-order valence-electron chi connectivity index (χ4n) is 18.0. The number of alkyl halides is 8. The van der Waals surface area contributed by atoms with Crippen LogP contribution in [0.25, 0.3) is 44.7 Å². The lowest BCUT2D eigenvalue weighted by molar-refractivity contribution is -0.120. The number of primary amides is 1. The number of rotatable bonds is 26. The van der Waals surface area contributed by atoms with E-state index >= 15 is 0 Å². The van der Waals surface area contributed by atoms with Crippen molar-refractivity contribution >= 4 is 166 Å². The number of anilines is 7. The van der Waals surface area contributed by atoms with Gasteiger partial charge in [0, 0.05) is 131 Å². The van der Waals surface area contributed by atoms with Gasteiger partial charge in [-0.05, 0) is 213 Å². The van der Waals surface area contributed by atoms with Gasteiger partial charge in [0.2, 0.25) is 5.91 Å². The normalized spacial score (nSPS) is 18.4. The molecule has 796 valence electrons. The molecular formula is C102H115Cl4F8N21O14. The van der Waals surface area contributed by atoms with Crippen molar-refractivity contribution in [2.75, 3.05) is 129 Å². The Morgan fingerprint density at radius 1 is 0.356 bits per heavy atom. The van der Waals surface area contributed by atoms with E-state index in [9.17, 15) is 63.9 Å². The number of hydrogen-bond donors (Lipinski definition) is 5. The van der Waals surface area contributed by atoms with Crippen LogP contribution in [-0.2, 0) is 35.0 Å². The van der Waals surface area contributed by atoms with E-state index < -0.39 is 68.1 Å². The van der Waals surface area contributed by atoms with Gasteiger partial charge < -0.3 is 84.9 Å². The van der Waals surface area contributed by atoms with Crippen molar-refractivity contribution < 1.29 is 102 Å². The highest BCUT2D eigenvalue weighted by molar-refractivity contribution is 6.37. The van der Waals surface area contributed by atoms with E-state index in [0.717, 1.165) is 155 Å². The molecule has 47 heteroatoms. The van der Waals surface area contributed by atoms with E-state index in [1.165, 1.54) is 57.8 Å². The quantitative estimate of drug-likeness (QED) is 0.0191. The zero-order valence-electron chi connectivity index (χ0n) is 81.4. The van der Waals surface area contributed by atoms with Crippen LogP contribution in [0, 0.1) is 11.8 Å². The van der Waals surface area contributed by atoms with Crippen LogP contribution in [0.2, 0.25) is 20.5 Å². The molecule has 8 aromatic heterocycles. The molecule has 149 heavy (non-hydrogen) atoms. The molecule has 2 saturated carbocycles. The van der Waals surface area contributed by atoms with Crippen LogP contribution < -0.4 is 46.4 Å². The third-order valence-corrected chi connectivity index (χ3v) is 27.6. The number of nitrogens with two attached hydrogens (primary N) is 2. The maximum absolute atomic E-state index is 14.2. The molecule has 12 aromatic rings. The third kappa shape index (κ3) is 25.1. The standard InChI is InChI=1S/C28H31F2N5O4.2C23H24ClF2N5O3.C12H11Cl2F2N3O.C11H14N2O2.C4H7NO.CH4/c1-38-22-13-17(28(37)34-10-4-11-34)8-9-19(22)32-20-14-18(15-21(36)16-6-7-16)31-26-24(20)33-27(25(29)30)35(26)23-5-2-3-12-39-23;2*1-33-16-11-13(23(32)30-8-4-9-30)6-7-14(16)27-15-12-17(24)28-21-19(15)29-22(20(25)26)31(21)18-5-2-3-10-34-18;13-6-5-7(14)17-11-9(6)18-12(10(15)16)19(11)8-3-1-2-4-20-8;1-15-10-7-8(3-4-9(10)12)11(14)13-5-2-6-13;5-4(6)3-1-2-3;/h8-9,13-14,16,23,25H,2-7,10-12,15H2,1H3,(H,31,32);2*6-7,11-12,18,20H,2-5,8-10H2,1H3,(H,27,28);5,8,10H,1-4H2;3-4,7H,2,5-6,12H2,1H3;3H,1-2H2,(H2,5,6);1H4. The van der Waals surface area contributed by atoms with Crippen molar-refractivity contribution in [1.82, 2.24) is 77.7 Å². The number of likely N-dealkylation sites (tertiary alicyclic amines) is 4. The largest absolute Gasteiger partial charge is 0.495 e. The van der Waals surface area contributed by atoms with Crippen molar-refractivity contribution in [3.63, 3.8) is 0 Å². The topological polar surface area (TPSA) is 400 Å². The average Bonchev–Trinajstić information content (AvgIpc) is 1.62. The van der Waals surface area contributed by atoms with E-state index in [1.54, 1.807) is 101 Å². The Kier molecular flexibility index (Phi) is 35.7. The average molecular weight is 2150 g/mol. The van der Waals surface area contributed by atoms with E-state index in [2.05, 4.69) is 55.8 Å². The number of hydrogen-bond acceptors (Lipinski definition) is 26. The number of ether oxygens (including phenoxy) is 8. The molecule has 2 aliphatic carbocycles. The van der Waals surface area contributed by atoms with Gasteiger partial charge in [-0.3, -0.25) is 47.0 Å². The second kappa shape index (κ2) is 48.9. The van der Waals surface area contributed by atoms with E-state index in [1.807, 2.05) is 4.90 Å². The highest BCUT2D eigenvalue weighted by Gasteiger charge is 2.38. The van der Waals surface area contributed by atoms with Gasteiger partial charge in [0.1, 0.15) is 91.2 Å². The smallest absolute Gasteiger partial charge is 0.295 e. The lowest BCUT2D eigenvalue weighted by atomic mass is 10.1. The zero-order chi connectivity index (χ0) is 104. The molecule has 7 N–H and O–H groups in total. The summed E-state index contributed by atoms with van der Waals surface area (Å²) >= 11 is 24.4. The lowest BCUT2D eigenvalue weighted by Crippen LogP contribution is -2.42. The summed E-state index contributed by atoms with van der Waals surface area (Å²) in [7, 11) is 6.04. The number of nitrogen functional groups attached to an aromatic ring is 1. The molecule has 35 nitrogen and oxygen atoms in total. The number of aromatic nitrogens is 12. The summed E-state index contributed by atoms with van der Waals surface area (Å²) in [5.41, 5.74) is 18.5. The first kappa shape index (κ1) is 109. The van der Waals surface area contributed by atoms with E-state index in [4.69, 9.17) is 95.8 Å². The van der Waals surface area contributed by atoms with Gasteiger partial charge in [-0.1, -0.05) is 53.8 Å². The molecule has 0 bridgehead atoms. The Labute approximate surface area is 871 Å². The predicted molar refractivity (Wildman–Crippen MR) is 544 cm³/mol. The number of nitrogens with zero attached hydrogens (tertiary/aromatic N) is 16. The van der Waals surface area contributed by atoms with Crippen LogP contribution in [0.4, 0.5) is 74.9 Å². The van der Waals surface area contributed by atoms with Crippen molar-refractivity contribution in [3.8, 4) is 23.0 Å². The van der Waals surface area contributed by atoms with Crippen molar-refractivity contribution in [1.29, 1.82) is 0 Å². The first-order chi connectivity index (χ1) is 71.4. The lowest BCUT2D eigenvalue weighted by Gasteiger charge is -2.31. The molecule has 8 aliphatic heterocycles. The van der Waals surface area contributed by atoms with Crippen LogP contribution in [-0.4, -0.2) is 220 Å². The van der Waals surface area contributed by atoms with Crippen LogP contribution in [0.5, 0.6) is 23.0 Å². The number of imidazole rings is 4. The fourth-order valence-corrected chi connectivity index (χ4v) is 18.9. The van der Waals surface area contributed by atoms with Gasteiger partial charge in [-0.2, -0.15) is 0 Å². The molecule has 4 atom stereocenters. The monoisotopic (exact) mass is 2150 g/mol. The Morgan fingerprint density at radius 2 is 0.644 bits per heavy atom. The number of carbonyl (C=O) groups is 6. The molecule has 8 saturated heterocycles. The maximum Gasteiger partial charge on any atom is 0.295 e. The summed E-state index contributed by atoms with van der Waals surface area (Å²) in [5.74, 6) is 0.322. The molecule has 4 unspecified atom stereocenters. The second-order valence-corrected chi connectivity index (χ2v) is 38.4. The zero-order valence-corrected chi connectivity index (χ0v) is 84.4. The maximum atomic E-state index is 14.2. The minimum Gasteiger partial charge on any atom is -0.495 e. The number of nitrogens with one attached hydrogen (secondary N) is 3. The Hall–Kier alpha value is -12.8. The highest BCUT2D eigenvalue weighted by Crippen LogP contribution is 2.46. The van der Waals surface area contributed by atoms with Gasteiger partial charge in [0.05, 0.1) is 79.0 Å². The third-order valence-electron chi connectivity index (χ3n) is 26.7. The summed E-state index contributed by atoms with van der Waals surface area (Å²) in [6, 6.07) is 26.5. The van der Waals surface area contributed by atoms with Gasteiger partial charge in [-0.15, -0.1) is 0 Å². The first-order valence-corrected chi connectivity index (χ1v) is 50.7. The first-order valence-electron chi connectivity index (χ1n) is 49.1. The number of amides is 5. The molecular weight excluding hydrogens is 2040 g/mol. The number of benzene rings is 4. The Bertz CT molecular complexity index is 6670. The predicted octanol–water partition coefficient (Wildman–Crippen LogP) is 21.8. The number of fused-ring (bicyclic) bond motifs is 4. The Balaban J connectivity index is 0.000000134. The number of carbonyl (C=O) groups excluding carboxylic acids is 6. The second-order valence-electron chi connectivity index (χ2n) is 36.9. The number of Topliss-reactive ketones (excluding diaryl/α,β-unsaturated/α-hetero) is 1. The SMILES string of the molecule is C.COc1cc(C(=O)N2CCC2)ccc1N.COc1cc(C(=O)N2CCC2)ccc1Nc1cc(CC(=O)C2CC2)nc2c1nc(C(F)F)n2C1CCCCO1.COc1cc(C(=O)N2CCC2)ccc1Nc1cc(Cl)nc2c1nc(C(F)F)n2C1CCCCO1.COc1cc(C(=O)N2CCC2)ccc1Nc1cc(Cl)nc2c1nc(C(F)F)n2C1CCCCO1.FC(F)c1nc2c(Cl)cc(Cl)nc2n1C1CCCCO1.NC(=O)C1CC1. The minimum atomic E-state index is -2.84. The number of halogens is 12. The summed E-state index contributed by atoms with van der Waals surface area (Å²) in [6.07, 6.45) is 3.91. The van der Waals surface area contributed by atoms with Crippen LogP contribution >= 0.6 is 46.4 Å². The van der Waals surface area contributed by atoms with Gasteiger partial charge in [0.25, 0.3) is 49.3 Å². The fraction of sp³-hybridized carbons (Fsp3) is 0.471. The molecule has 4 aromatic carbocycles. The van der Waals surface area contributed by atoms with Crippen molar-refractivity contribution in [3.05, 3.63) is 169 Å². The van der Waals surface area contributed by atoms with Crippen LogP contribution in [0.15, 0.2) is 97.1 Å². The Morgan fingerprint density at radius 3 is 0.919 bits per heavy atom. The number of pyridine rings is 4. The molecule has 22 rings (SSSR count). The number of methoxy groups -OCH3 is 4. The summed E-state index contributed by atoms with van der Waals surface area (Å²) in [5, 5.41) is 10.2. The molecule has 10 aliphatic rings. The van der Waals surface area contributed by atoms with Crippen molar-refractivity contribution in [2.45, 2.75) is 193 Å². The van der Waals surface area contributed by atoms with Gasteiger partial charge in [-0.25, -0.2) is 75.0 Å². The minimum absolute atomic E-state index is 0. The molecule has 10 fully saturated rings. The van der Waals surface area contributed by atoms with Crippen LogP contribution in [0.1, 0.15) is 257 Å². The summed E-state index contributed by atoms with van der Waals surface area (Å²) in [6.45, 7) is 8.12. The summed E-state index contributed by atoms with van der Waals surface area (Å²) < 4.78 is 161. The van der Waals surface area contributed by atoms with Gasteiger partial charge >= 0.3 is 0 Å². The number of ketones is 1.